The van der Waals surface area contributed by atoms with Crippen LogP contribution in [0.15, 0.2) is 34.2 Å². The van der Waals surface area contributed by atoms with Gasteiger partial charge in [-0.05, 0) is 30.7 Å². The van der Waals surface area contributed by atoms with Gasteiger partial charge in [-0.1, -0.05) is 55.3 Å². The number of nitrogens with one attached hydrogen (secondary N) is 1. The van der Waals surface area contributed by atoms with Gasteiger partial charge in [0, 0.05) is 25.8 Å². The van der Waals surface area contributed by atoms with Crippen molar-refractivity contribution in [1.82, 2.24) is 14.8 Å². The second-order valence-corrected chi connectivity index (χ2v) is 7.92. The Morgan fingerprint density at radius 2 is 2.00 bits per heavy atom. The molecule has 0 bridgehead atoms. The number of nitrogens with zero attached hydrogens (tertiary/aromatic N) is 2. The SMILES string of the molecule is COCCCn1c(SCC(=O)c2ccc(C3CCCCC3)cc2)n[nH]c1=O. The van der Waals surface area contributed by atoms with Crippen LogP contribution in [0, 0.1) is 0 Å². The van der Waals surface area contributed by atoms with Crippen LogP contribution in [0.2, 0.25) is 0 Å². The zero-order valence-corrected chi connectivity index (χ0v) is 16.6. The van der Waals surface area contributed by atoms with Crippen LogP contribution in [0.4, 0.5) is 0 Å². The number of Topliss-reactive ketones (excluding diaryl/α,β-unsaturated/α-hetero) is 1. The van der Waals surface area contributed by atoms with Crippen molar-refractivity contribution in [3.05, 3.63) is 45.9 Å². The summed E-state index contributed by atoms with van der Waals surface area (Å²) < 4.78 is 6.58. The molecule has 1 heterocycles. The van der Waals surface area contributed by atoms with Crippen LogP contribution in [0.3, 0.4) is 0 Å². The summed E-state index contributed by atoms with van der Waals surface area (Å²) in [5, 5.41) is 7.03. The molecular weight excluding hydrogens is 362 g/mol. The number of ketones is 1. The van der Waals surface area contributed by atoms with E-state index < -0.39 is 0 Å². The van der Waals surface area contributed by atoms with Crippen molar-refractivity contribution in [3.63, 3.8) is 0 Å². The number of methoxy groups -OCH3 is 1. The topological polar surface area (TPSA) is 77.0 Å². The van der Waals surface area contributed by atoms with Crippen LogP contribution >= 0.6 is 11.8 Å². The Morgan fingerprint density at radius 3 is 2.70 bits per heavy atom. The molecule has 1 aromatic heterocycles. The zero-order valence-electron chi connectivity index (χ0n) is 15.8. The number of ether oxygens (including phenoxy) is 1. The lowest BCUT2D eigenvalue weighted by atomic mass is 9.84. The molecule has 1 aliphatic carbocycles. The van der Waals surface area contributed by atoms with E-state index in [1.807, 2.05) is 12.1 Å². The molecule has 0 aliphatic heterocycles. The molecule has 1 N–H and O–H groups in total. The highest BCUT2D eigenvalue weighted by Crippen LogP contribution is 2.32. The van der Waals surface area contributed by atoms with E-state index >= 15 is 0 Å². The summed E-state index contributed by atoms with van der Waals surface area (Å²) in [6.45, 7) is 1.10. The highest BCUT2D eigenvalue weighted by molar-refractivity contribution is 7.99. The number of carbonyl (C=O) groups is 1. The molecule has 0 spiro atoms. The predicted octanol–water partition coefficient (Wildman–Crippen LogP) is 3.63. The van der Waals surface area contributed by atoms with Gasteiger partial charge in [-0.15, -0.1) is 5.10 Å². The first-order valence-electron chi connectivity index (χ1n) is 9.59. The van der Waals surface area contributed by atoms with E-state index in [4.69, 9.17) is 4.74 Å². The van der Waals surface area contributed by atoms with E-state index in [9.17, 15) is 9.59 Å². The molecule has 1 fully saturated rings. The number of aromatic amines is 1. The van der Waals surface area contributed by atoms with Crippen LogP contribution in [0.25, 0.3) is 0 Å². The van der Waals surface area contributed by atoms with Crippen LogP contribution in [0.1, 0.15) is 60.4 Å². The molecule has 3 rings (SSSR count). The summed E-state index contributed by atoms with van der Waals surface area (Å²) in [5.74, 6) is 0.953. The second kappa shape index (κ2) is 9.90. The van der Waals surface area contributed by atoms with Gasteiger partial charge >= 0.3 is 5.69 Å². The number of hydrogen-bond acceptors (Lipinski definition) is 5. The van der Waals surface area contributed by atoms with Gasteiger partial charge in [-0.3, -0.25) is 9.36 Å². The molecule has 0 saturated heterocycles. The smallest absolute Gasteiger partial charge is 0.343 e. The van der Waals surface area contributed by atoms with Gasteiger partial charge in [0.1, 0.15) is 0 Å². The number of benzene rings is 1. The number of hydrogen-bond donors (Lipinski definition) is 1. The quantitative estimate of drug-likeness (QED) is 0.403. The maximum atomic E-state index is 12.5. The van der Waals surface area contributed by atoms with Crippen molar-refractivity contribution >= 4 is 17.5 Å². The summed E-state index contributed by atoms with van der Waals surface area (Å²) in [4.78, 5) is 24.4. The average molecular weight is 390 g/mol. The Hall–Kier alpha value is -1.86. The van der Waals surface area contributed by atoms with Crippen molar-refractivity contribution in [3.8, 4) is 0 Å². The van der Waals surface area contributed by atoms with Crippen molar-refractivity contribution in [2.75, 3.05) is 19.5 Å². The van der Waals surface area contributed by atoms with Crippen molar-refractivity contribution in [1.29, 1.82) is 0 Å². The summed E-state index contributed by atoms with van der Waals surface area (Å²) in [5.41, 5.74) is 1.81. The first kappa shape index (κ1) is 19.9. The van der Waals surface area contributed by atoms with Gasteiger partial charge in [0.15, 0.2) is 10.9 Å². The summed E-state index contributed by atoms with van der Waals surface area (Å²) in [6.07, 6.45) is 7.18. The Balaban J connectivity index is 1.57. The minimum Gasteiger partial charge on any atom is -0.385 e. The average Bonchev–Trinajstić information content (AvgIpc) is 3.07. The maximum absolute atomic E-state index is 12.5. The third kappa shape index (κ3) is 5.32. The molecule has 0 unspecified atom stereocenters. The minimum absolute atomic E-state index is 0.0501. The van der Waals surface area contributed by atoms with Gasteiger partial charge in [-0.25, -0.2) is 9.89 Å². The van der Waals surface area contributed by atoms with E-state index in [2.05, 4.69) is 22.3 Å². The molecule has 0 radical (unpaired) electrons. The summed E-state index contributed by atoms with van der Waals surface area (Å²) in [7, 11) is 1.63. The lowest BCUT2D eigenvalue weighted by molar-refractivity contribution is 0.102. The molecule has 27 heavy (non-hydrogen) atoms. The number of carbonyl (C=O) groups excluding carboxylic acids is 1. The Kier molecular flexibility index (Phi) is 7.29. The Bertz CT molecular complexity index is 792. The highest BCUT2D eigenvalue weighted by Gasteiger charge is 2.16. The highest BCUT2D eigenvalue weighted by atomic mass is 32.2. The Labute approximate surface area is 163 Å². The summed E-state index contributed by atoms with van der Waals surface area (Å²) >= 11 is 1.29. The molecule has 6 nitrogen and oxygen atoms in total. The fourth-order valence-corrected chi connectivity index (χ4v) is 4.44. The molecule has 1 aromatic carbocycles. The number of rotatable bonds is 9. The van der Waals surface area contributed by atoms with Crippen LogP contribution in [-0.2, 0) is 11.3 Å². The predicted molar refractivity (Wildman–Crippen MR) is 107 cm³/mol. The lowest BCUT2D eigenvalue weighted by Crippen LogP contribution is -2.18. The zero-order chi connectivity index (χ0) is 19.1. The fourth-order valence-electron chi connectivity index (χ4n) is 3.57. The maximum Gasteiger partial charge on any atom is 0.343 e. The molecule has 2 aromatic rings. The van der Waals surface area contributed by atoms with Gasteiger partial charge < -0.3 is 4.74 Å². The van der Waals surface area contributed by atoms with Crippen molar-refractivity contribution in [2.45, 2.75) is 56.1 Å². The van der Waals surface area contributed by atoms with Crippen LogP contribution in [0.5, 0.6) is 0 Å². The standard InChI is InChI=1S/C20H27N3O3S/c1-26-13-5-12-23-19(25)21-22-20(23)27-14-18(24)17-10-8-16(9-11-17)15-6-3-2-4-7-15/h8-11,15H,2-7,12-14H2,1H3,(H,21,25). The number of thioether (sulfide) groups is 1. The molecule has 7 heteroatoms. The summed E-state index contributed by atoms with van der Waals surface area (Å²) in [6, 6.07) is 8.07. The first-order valence-corrected chi connectivity index (χ1v) is 10.6. The van der Waals surface area contributed by atoms with Crippen LogP contribution in [-0.4, -0.2) is 40.0 Å². The van der Waals surface area contributed by atoms with Crippen molar-refractivity contribution < 1.29 is 9.53 Å². The number of H-pyrrole nitrogens is 1. The van der Waals surface area contributed by atoms with Gasteiger partial charge in [-0.2, -0.15) is 0 Å². The molecule has 0 amide bonds. The monoisotopic (exact) mass is 389 g/mol. The van der Waals surface area contributed by atoms with Crippen LogP contribution < -0.4 is 5.69 Å². The first-order chi connectivity index (χ1) is 13.2. The third-order valence-corrected chi connectivity index (χ3v) is 6.07. The van der Waals surface area contributed by atoms with E-state index in [1.165, 1.54) is 49.4 Å². The molecule has 0 atom stereocenters. The largest absolute Gasteiger partial charge is 0.385 e. The lowest BCUT2D eigenvalue weighted by Gasteiger charge is -2.22. The number of aromatic nitrogens is 3. The van der Waals surface area contributed by atoms with Gasteiger partial charge in [0.25, 0.3) is 0 Å². The molecular formula is C20H27N3O3S. The molecule has 1 saturated carbocycles. The minimum atomic E-state index is -0.252. The van der Waals surface area contributed by atoms with E-state index in [0.29, 0.717) is 29.8 Å². The molecule has 146 valence electrons. The van der Waals surface area contributed by atoms with Crippen molar-refractivity contribution in [2.24, 2.45) is 0 Å². The molecule has 1 aliphatic rings. The third-order valence-electron chi connectivity index (χ3n) is 5.10. The normalized spacial score (nSPS) is 15.1. The van der Waals surface area contributed by atoms with E-state index in [1.54, 1.807) is 11.7 Å². The second-order valence-electron chi connectivity index (χ2n) is 6.98. The fraction of sp³-hybridized carbons (Fsp3) is 0.550. The Morgan fingerprint density at radius 1 is 1.26 bits per heavy atom. The van der Waals surface area contributed by atoms with E-state index in [-0.39, 0.29) is 17.2 Å². The van der Waals surface area contributed by atoms with Gasteiger partial charge in [0.05, 0.1) is 5.75 Å². The van der Waals surface area contributed by atoms with Gasteiger partial charge in [0.2, 0.25) is 0 Å². The van der Waals surface area contributed by atoms with E-state index in [0.717, 1.165) is 6.42 Å².